The maximum absolute atomic E-state index is 12.3. The fourth-order valence-corrected chi connectivity index (χ4v) is 2.70. The Hall–Kier alpha value is -2.11. The Balaban J connectivity index is 2.23. The molecule has 0 saturated heterocycles. The quantitative estimate of drug-likeness (QED) is 0.822. The van der Waals surface area contributed by atoms with Crippen molar-refractivity contribution < 1.29 is 14.7 Å². The molecule has 114 valence electrons. The first kappa shape index (κ1) is 15.3. The fourth-order valence-electron chi connectivity index (χ4n) is 2.70. The molecule has 0 unspecified atom stereocenters. The summed E-state index contributed by atoms with van der Waals surface area (Å²) in [5.41, 5.74) is -1.31. The number of hydrogen-bond donors (Lipinski definition) is 2. The Kier molecular flexibility index (Phi) is 4.45. The van der Waals surface area contributed by atoms with Gasteiger partial charge in [-0.2, -0.15) is 0 Å². The summed E-state index contributed by atoms with van der Waals surface area (Å²) >= 11 is 0. The number of carboxylic acid groups (broad SMARTS) is 1. The molecule has 2 N–H and O–H groups in total. The predicted molar refractivity (Wildman–Crippen MR) is 77.2 cm³/mol. The number of nitrogens with one attached hydrogen (secondary N) is 1. The fraction of sp³-hybridized carbons (Fsp3) is 0.533. The number of aliphatic carboxylic acids is 1. The second-order valence-corrected chi connectivity index (χ2v) is 5.62. The van der Waals surface area contributed by atoms with Crippen LogP contribution >= 0.6 is 0 Å². The van der Waals surface area contributed by atoms with Crippen LogP contribution in [0.15, 0.2) is 23.1 Å². The van der Waals surface area contributed by atoms with Gasteiger partial charge in [0, 0.05) is 24.9 Å². The predicted octanol–water partition coefficient (Wildman–Crippen LogP) is 1.29. The van der Waals surface area contributed by atoms with Crippen molar-refractivity contribution in [2.24, 2.45) is 7.05 Å². The molecule has 0 bridgehead atoms. The van der Waals surface area contributed by atoms with E-state index in [0.717, 1.165) is 25.7 Å². The Bertz CT molecular complexity index is 598. The minimum absolute atomic E-state index is 0.197. The molecule has 0 atom stereocenters. The van der Waals surface area contributed by atoms with Gasteiger partial charge >= 0.3 is 5.97 Å². The van der Waals surface area contributed by atoms with E-state index in [0.29, 0.717) is 12.8 Å². The number of pyridine rings is 1. The van der Waals surface area contributed by atoms with E-state index in [1.165, 1.54) is 22.9 Å². The molecular formula is C15H20N2O4. The lowest BCUT2D eigenvalue weighted by Gasteiger charge is -2.29. The van der Waals surface area contributed by atoms with Gasteiger partial charge in [-0.15, -0.1) is 0 Å². The topological polar surface area (TPSA) is 88.4 Å². The highest BCUT2D eigenvalue weighted by molar-refractivity contribution is 5.97. The van der Waals surface area contributed by atoms with E-state index in [1.54, 1.807) is 7.05 Å². The molecule has 2 rings (SSSR count). The van der Waals surface area contributed by atoms with Crippen molar-refractivity contribution in [1.82, 2.24) is 9.88 Å². The summed E-state index contributed by atoms with van der Waals surface area (Å²) in [6.45, 7) is 0. The molecule has 1 fully saturated rings. The highest BCUT2D eigenvalue weighted by Gasteiger charge is 2.40. The number of carbonyl (C=O) groups excluding carboxylic acids is 1. The van der Waals surface area contributed by atoms with Crippen LogP contribution in [0.4, 0.5) is 0 Å². The van der Waals surface area contributed by atoms with E-state index in [1.807, 2.05) is 0 Å². The maximum atomic E-state index is 12.3. The average Bonchev–Trinajstić information content (AvgIpc) is 2.68. The van der Waals surface area contributed by atoms with Crippen LogP contribution in [0.3, 0.4) is 0 Å². The molecule has 1 aliphatic carbocycles. The van der Waals surface area contributed by atoms with Crippen LogP contribution in [0, 0.1) is 0 Å². The molecule has 1 aromatic heterocycles. The Labute approximate surface area is 122 Å². The highest BCUT2D eigenvalue weighted by atomic mass is 16.4. The SMILES string of the molecule is Cn1ccc(C(=O)NC2(C(=O)O)CCCCCC2)cc1=O. The third-order valence-corrected chi connectivity index (χ3v) is 4.09. The molecular weight excluding hydrogens is 272 g/mol. The minimum atomic E-state index is -1.21. The van der Waals surface area contributed by atoms with Crippen LogP contribution in [-0.4, -0.2) is 27.1 Å². The van der Waals surface area contributed by atoms with Crippen LogP contribution in [0.25, 0.3) is 0 Å². The van der Waals surface area contributed by atoms with Crippen molar-refractivity contribution in [2.45, 2.75) is 44.1 Å². The number of rotatable bonds is 3. The number of hydrogen-bond acceptors (Lipinski definition) is 3. The monoisotopic (exact) mass is 292 g/mol. The number of aryl methyl sites for hydroxylation is 1. The molecule has 0 aromatic carbocycles. The van der Waals surface area contributed by atoms with Crippen molar-refractivity contribution >= 4 is 11.9 Å². The second-order valence-electron chi connectivity index (χ2n) is 5.62. The van der Waals surface area contributed by atoms with E-state index >= 15 is 0 Å². The summed E-state index contributed by atoms with van der Waals surface area (Å²) in [6.07, 6.45) is 5.88. The van der Waals surface area contributed by atoms with Gasteiger partial charge in [0.05, 0.1) is 0 Å². The van der Waals surface area contributed by atoms with E-state index in [-0.39, 0.29) is 11.1 Å². The first-order valence-electron chi connectivity index (χ1n) is 7.17. The highest BCUT2D eigenvalue weighted by Crippen LogP contribution is 2.27. The Morgan fingerprint density at radius 1 is 1.24 bits per heavy atom. The van der Waals surface area contributed by atoms with E-state index in [9.17, 15) is 19.5 Å². The maximum Gasteiger partial charge on any atom is 0.329 e. The molecule has 1 heterocycles. The van der Waals surface area contributed by atoms with Crippen molar-refractivity contribution in [3.05, 3.63) is 34.2 Å². The smallest absolute Gasteiger partial charge is 0.329 e. The van der Waals surface area contributed by atoms with Crippen LogP contribution in [0.2, 0.25) is 0 Å². The van der Waals surface area contributed by atoms with E-state index < -0.39 is 17.4 Å². The van der Waals surface area contributed by atoms with Crippen LogP contribution in [0.5, 0.6) is 0 Å². The molecule has 6 heteroatoms. The Morgan fingerprint density at radius 3 is 2.38 bits per heavy atom. The van der Waals surface area contributed by atoms with E-state index in [2.05, 4.69) is 5.32 Å². The largest absolute Gasteiger partial charge is 0.480 e. The summed E-state index contributed by atoms with van der Waals surface area (Å²) in [7, 11) is 1.59. The van der Waals surface area contributed by atoms with Crippen molar-refractivity contribution in [3.63, 3.8) is 0 Å². The lowest BCUT2D eigenvalue weighted by molar-refractivity contribution is -0.145. The summed E-state index contributed by atoms with van der Waals surface area (Å²) in [5, 5.41) is 12.2. The number of aromatic nitrogens is 1. The lowest BCUT2D eigenvalue weighted by atomic mass is 9.90. The van der Waals surface area contributed by atoms with Gasteiger partial charge in [-0.05, 0) is 18.9 Å². The molecule has 1 aromatic rings. The number of carbonyl (C=O) groups is 2. The average molecular weight is 292 g/mol. The zero-order valence-corrected chi connectivity index (χ0v) is 12.1. The van der Waals surface area contributed by atoms with Gasteiger partial charge in [0.2, 0.25) is 0 Å². The molecule has 1 aliphatic rings. The molecule has 0 spiro atoms. The lowest BCUT2D eigenvalue weighted by Crippen LogP contribution is -2.54. The van der Waals surface area contributed by atoms with Gasteiger partial charge in [-0.25, -0.2) is 4.79 Å². The summed E-state index contributed by atoms with van der Waals surface area (Å²) in [5.74, 6) is -1.50. The minimum Gasteiger partial charge on any atom is -0.480 e. The summed E-state index contributed by atoms with van der Waals surface area (Å²) in [4.78, 5) is 35.5. The molecule has 6 nitrogen and oxygen atoms in total. The van der Waals surface area contributed by atoms with Crippen LogP contribution < -0.4 is 10.9 Å². The van der Waals surface area contributed by atoms with Gasteiger partial charge in [-0.1, -0.05) is 25.7 Å². The number of carboxylic acids is 1. The molecule has 21 heavy (non-hydrogen) atoms. The normalized spacial score (nSPS) is 17.8. The van der Waals surface area contributed by atoms with Crippen molar-refractivity contribution in [2.75, 3.05) is 0 Å². The van der Waals surface area contributed by atoms with E-state index in [4.69, 9.17) is 0 Å². The summed E-state index contributed by atoms with van der Waals surface area (Å²) in [6, 6.07) is 2.74. The zero-order chi connectivity index (χ0) is 15.5. The summed E-state index contributed by atoms with van der Waals surface area (Å²) < 4.78 is 1.36. The van der Waals surface area contributed by atoms with Crippen LogP contribution in [-0.2, 0) is 11.8 Å². The molecule has 0 radical (unpaired) electrons. The standard InChI is InChI=1S/C15H20N2O4/c1-17-9-6-11(10-12(17)18)13(19)16-15(14(20)21)7-4-2-3-5-8-15/h6,9-10H,2-5,7-8H2,1H3,(H,16,19)(H,20,21). The molecule has 1 amide bonds. The third-order valence-electron chi connectivity index (χ3n) is 4.09. The Morgan fingerprint density at radius 2 is 1.86 bits per heavy atom. The zero-order valence-electron chi connectivity index (χ0n) is 12.1. The van der Waals surface area contributed by atoms with Gasteiger partial charge < -0.3 is 15.0 Å². The second kappa shape index (κ2) is 6.11. The third kappa shape index (κ3) is 3.32. The first-order chi connectivity index (χ1) is 9.94. The number of nitrogens with zero attached hydrogens (tertiary/aromatic N) is 1. The van der Waals surface area contributed by atoms with Crippen molar-refractivity contribution in [3.8, 4) is 0 Å². The molecule has 0 aliphatic heterocycles. The first-order valence-corrected chi connectivity index (χ1v) is 7.17. The van der Waals surface area contributed by atoms with Crippen molar-refractivity contribution in [1.29, 1.82) is 0 Å². The van der Waals surface area contributed by atoms with Crippen LogP contribution in [0.1, 0.15) is 48.9 Å². The van der Waals surface area contributed by atoms with Gasteiger partial charge in [0.1, 0.15) is 5.54 Å². The number of amides is 1. The van der Waals surface area contributed by atoms with Gasteiger partial charge in [0.15, 0.2) is 0 Å². The molecule has 1 saturated carbocycles. The van der Waals surface area contributed by atoms with Gasteiger partial charge in [-0.3, -0.25) is 9.59 Å². The van der Waals surface area contributed by atoms with Gasteiger partial charge in [0.25, 0.3) is 11.5 Å².